The van der Waals surface area contributed by atoms with Gasteiger partial charge in [0, 0.05) is 5.56 Å². The molecule has 12 heavy (non-hydrogen) atoms. The van der Waals surface area contributed by atoms with Gasteiger partial charge in [0.15, 0.2) is 0 Å². The monoisotopic (exact) mass is 297 g/mol. The van der Waals surface area contributed by atoms with E-state index in [-0.39, 0.29) is 9.92 Å². The lowest BCUT2D eigenvalue weighted by Gasteiger charge is -1.92. The number of hydrogen-bond acceptors (Lipinski definition) is 3. The van der Waals surface area contributed by atoms with Gasteiger partial charge in [-0.05, 0) is 41.5 Å². The zero-order valence-electron chi connectivity index (χ0n) is 6.76. The minimum Gasteiger partial charge on any atom is -0.258 e. The van der Waals surface area contributed by atoms with Crippen LogP contribution >= 0.6 is 33.9 Å². The molecule has 0 saturated heterocycles. The Kier molecular flexibility index (Phi) is 3.05. The Labute approximate surface area is 88.1 Å². The highest BCUT2D eigenvalue weighted by Crippen LogP contribution is 2.35. The van der Waals surface area contributed by atoms with Crippen LogP contribution in [0.1, 0.15) is 18.1 Å². The summed E-state index contributed by atoms with van der Waals surface area (Å²) in [7, 11) is 0. The first kappa shape index (κ1) is 9.91. The molecule has 1 heterocycles. The van der Waals surface area contributed by atoms with Gasteiger partial charge in [-0.15, -0.1) is 0 Å². The van der Waals surface area contributed by atoms with E-state index in [1.165, 1.54) is 11.3 Å². The van der Waals surface area contributed by atoms with E-state index in [2.05, 4.69) is 22.6 Å². The Hall–Kier alpha value is -0.170. The van der Waals surface area contributed by atoms with Crippen molar-refractivity contribution >= 4 is 38.9 Å². The van der Waals surface area contributed by atoms with Crippen molar-refractivity contribution in [2.24, 2.45) is 0 Å². The van der Waals surface area contributed by atoms with Crippen LogP contribution in [0.15, 0.2) is 0 Å². The molecule has 66 valence electrons. The summed E-state index contributed by atoms with van der Waals surface area (Å²) in [5.74, 6) is 0. The fraction of sp³-hybridized carbons (Fsp3) is 0.429. The van der Waals surface area contributed by atoms with Gasteiger partial charge in [0.25, 0.3) is 0 Å². The van der Waals surface area contributed by atoms with Crippen LogP contribution < -0.4 is 0 Å². The van der Waals surface area contributed by atoms with Gasteiger partial charge in [0.1, 0.15) is 0 Å². The summed E-state index contributed by atoms with van der Waals surface area (Å²) >= 11 is 3.42. The second kappa shape index (κ2) is 3.69. The van der Waals surface area contributed by atoms with Gasteiger partial charge < -0.3 is 0 Å². The van der Waals surface area contributed by atoms with Crippen LogP contribution in [0.4, 0.5) is 5.00 Å². The lowest BCUT2D eigenvalue weighted by Crippen LogP contribution is -1.88. The van der Waals surface area contributed by atoms with Gasteiger partial charge in [-0.2, -0.15) is 0 Å². The average molecular weight is 297 g/mol. The van der Waals surface area contributed by atoms with Crippen molar-refractivity contribution in [2.45, 2.75) is 20.3 Å². The normalized spacial score (nSPS) is 10.2. The van der Waals surface area contributed by atoms with E-state index in [9.17, 15) is 10.1 Å². The number of halogens is 1. The fourth-order valence-electron chi connectivity index (χ4n) is 1.08. The Morgan fingerprint density at radius 1 is 1.67 bits per heavy atom. The fourth-order valence-corrected chi connectivity index (χ4v) is 3.43. The van der Waals surface area contributed by atoms with Crippen molar-refractivity contribution in [3.05, 3.63) is 24.1 Å². The maximum Gasteiger partial charge on any atom is 0.328 e. The third-order valence-corrected chi connectivity index (χ3v) is 4.10. The highest BCUT2D eigenvalue weighted by molar-refractivity contribution is 14.1. The van der Waals surface area contributed by atoms with Crippen molar-refractivity contribution < 1.29 is 4.92 Å². The molecule has 0 spiro atoms. The molecule has 0 atom stereocenters. The van der Waals surface area contributed by atoms with Crippen LogP contribution in [0.3, 0.4) is 0 Å². The number of nitrogens with zero attached hydrogens (tertiary/aromatic N) is 1. The molecule has 0 bridgehead atoms. The van der Waals surface area contributed by atoms with E-state index in [4.69, 9.17) is 0 Å². The number of hydrogen-bond donors (Lipinski definition) is 0. The largest absolute Gasteiger partial charge is 0.328 e. The van der Waals surface area contributed by atoms with Gasteiger partial charge in [-0.1, -0.05) is 18.3 Å². The lowest BCUT2D eigenvalue weighted by atomic mass is 10.2. The molecule has 1 aromatic heterocycles. The molecular weight excluding hydrogens is 289 g/mol. The Balaban J connectivity index is 3.26. The van der Waals surface area contributed by atoms with Gasteiger partial charge in [-0.3, -0.25) is 10.1 Å². The minimum absolute atomic E-state index is 0.288. The molecule has 0 radical (unpaired) electrons. The molecule has 0 fully saturated rings. The molecular formula is C7H8INO2S. The van der Waals surface area contributed by atoms with E-state index in [1.807, 2.05) is 13.8 Å². The summed E-state index contributed by atoms with van der Waals surface area (Å²) in [6.45, 7) is 3.83. The predicted molar refractivity (Wildman–Crippen MR) is 57.8 cm³/mol. The molecule has 1 aromatic rings. The first-order valence-corrected chi connectivity index (χ1v) is 5.39. The zero-order chi connectivity index (χ0) is 9.30. The van der Waals surface area contributed by atoms with Crippen molar-refractivity contribution in [1.82, 2.24) is 0 Å². The third-order valence-electron chi connectivity index (χ3n) is 1.72. The van der Waals surface area contributed by atoms with Crippen LogP contribution in [0, 0.1) is 19.9 Å². The minimum atomic E-state index is -0.304. The lowest BCUT2D eigenvalue weighted by molar-refractivity contribution is -0.380. The van der Waals surface area contributed by atoms with E-state index < -0.39 is 0 Å². The zero-order valence-corrected chi connectivity index (χ0v) is 9.73. The molecule has 0 aliphatic carbocycles. The molecule has 0 aliphatic rings. The van der Waals surface area contributed by atoms with E-state index >= 15 is 0 Å². The molecule has 0 aromatic carbocycles. The van der Waals surface area contributed by atoms with Crippen LogP contribution in [-0.2, 0) is 6.42 Å². The van der Waals surface area contributed by atoms with E-state index in [1.54, 1.807) is 0 Å². The van der Waals surface area contributed by atoms with Crippen molar-refractivity contribution in [1.29, 1.82) is 0 Å². The Morgan fingerprint density at radius 2 is 2.25 bits per heavy atom. The second-order valence-corrected chi connectivity index (χ2v) is 5.20. The van der Waals surface area contributed by atoms with Crippen LogP contribution in [0.2, 0.25) is 0 Å². The van der Waals surface area contributed by atoms with Gasteiger partial charge in [0.05, 0.1) is 7.81 Å². The van der Waals surface area contributed by atoms with Crippen LogP contribution in [-0.4, -0.2) is 4.92 Å². The smallest absolute Gasteiger partial charge is 0.258 e. The quantitative estimate of drug-likeness (QED) is 0.478. The summed E-state index contributed by atoms with van der Waals surface area (Å²) in [6.07, 6.45) is 0.869. The highest BCUT2D eigenvalue weighted by atomic mass is 127. The standard InChI is InChI=1S/C7H8INO2S/c1-3-5-4(2)7(9(10)11)12-6(5)8/h3H2,1-2H3. The maximum absolute atomic E-state index is 10.5. The van der Waals surface area contributed by atoms with Crippen molar-refractivity contribution in [3.8, 4) is 0 Å². The molecule has 0 saturated carbocycles. The molecule has 0 aliphatic heterocycles. The predicted octanol–water partition coefficient (Wildman–Crippen LogP) is 3.13. The highest BCUT2D eigenvalue weighted by Gasteiger charge is 2.19. The average Bonchev–Trinajstić information content (AvgIpc) is 2.27. The summed E-state index contributed by atoms with van der Waals surface area (Å²) in [6, 6.07) is 0. The Bertz CT molecular complexity index is 321. The molecule has 0 N–H and O–H groups in total. The summed E-state index contributed by atoms with van der Waals surface area (Å²) in [5.41, 5.74) is 1.95. The third kappa shape index (κ3) is 1.61. The molecule has 0 amide bonds. The van der Waals surface area contributed by atoms with Crippen LogP contribution in [0.5, 0.6) is 0 Å². The SMILES string of the molecule is CCc1c(I)sc([N+](=O)[O-])c1C. The van der Waals surface area contributed by atoms with Gasteiger partial charge in [0.2, 0.25) is 0 Å². The summed E-state index contributed by atoms with van der Waals surface area (Å²) in [5, 5.41) is 10.8. The molecule has 1 rings (SSSR count). The van der Waals surface area contributed by atoms with Crippen LogP contribution in [0.25, 0.3) is 0 Å². The Morgan fingerprint density at radius 3 is 2.50 bits per heavy atom. The first-order chi connectivity index (χ1) is 5.57. The molecule has 5 heteroatoms. The van der Waals surface area contributed by atoms with E-state index in [0.717, 1.165) is 20.4 Å². The van der Waals surface area contributed by atoms with Crippen molar-refractivity contribution in [2.75, 3.05) is 0 Å². The second-order valence-electron chi connectivity index (χ2n) is 2.40. The number of rotatable bonds is 2. The summed E-state index contributed by atoms with van der Waals surface area (Å²) < 4.78 is 1.04. The van der Waals surface area contributed by atoms with Crippen molar-refractivity contribution in [3.63, 3.8) is 0 Å². The molecule has 0 unspecified atom stereocenters. The maximum atomic E-state index is 10.5. The van der Waals surface area contributed by atoms with E-state index in [0.29, 0.717) is 0 Å². The topological polar surface area (TPSA) is 43.1 Å². The van der Waals surface area contributed by atoms with Gasteiger partial charge >= 0.3 is 5.00 Å². The summed E-state index contributed by atoms with van der Waals surface area (Å²) in [4.78, 5) is 10.2. The number of thiophene rings is 1. The molecule has 3 nitrogen and oxygen atoms in total. The number of nitro groups is 1. The first-order valence-electron chi connectivity index (χ1n) is 3.50. The van der Waals surface area contributed by atoms with Gasteiger partial charge in [-0.25, -0.2) is 0 Å².